The molecule has 1 fully saturated rings. The van der Waals surface area contributed by atoms with E-state index in [0.29, 0.717) is 6.54 Å². The van der Waals surface area contributed by atoms with E-state index in [-0.39, 0.29) is 0 Å². The summed E-state index contributed by atoms with van der Waals surface area (Å²) in [6.45, 7) is 8.03. The van der Waals surface area contributed by atoms with Crippen molar-refractivity contribution in [3.8, 4) is 0 Å². The van der Waals surface area contributed by atoms with Crippen LogP contribution in [0.1, 0.15) is 20.3 Å². The summed E-state index contributed by atoms with van der Waals surface area (Å²) in [5.41, 5.74) is 0. The van der Waals surface area contributed by atoms with Gasteiger partial charge in [0.25, 0.3) is 0 Å². The summed E-state index contributed by atoms with van der Waals surface area (Å²) in [7, 11) is 0. The zero-order valence-electron chi connectivity index (χ0n) is 11.4. The maximum absolute atomic E-state index is 11.4. The lowest BCUT2D eigenvalue weighted by molar-refractivity contribution is -0.896. The van der Waals surface area contributed by atoms with E-state index in [1.54, 1.807) is 0 Å². The standard InChI is InChI=1S/C12H20N4O3/c1-3-16(4-2)7-5-6-13-8-9-10(17)14-12(19)15-11(9)18/h8-9H,3-7H2,1-2H3,(H2,14,15,17,18,19)/p+1. The molecule has 0 aromatic rings. The third-order valence-corrected chi connectivity index (χ3v) is 3.11. The van der Waals surface area contributed by atoms with Gasteiger partial charge < -0.3 is 4.90 Å². The normalized spacial score (nSPS) is 17.1. The van der Waals surface area contributed by atoms with Gasteiger partial charge in [-0.3, -0.25) is 25.2 Å². The van der Waals surface area contributed by atoms with Crippen molar-refractivity contribution in [3.05, 3.63) is 0 Å². The van der Waals surface area contributed by atoms with Gasteiger partial charge in [-0.05, 0) is 13.8 Å². The second-order valence-corrected chi connectivity index (χ2v) is 4.40. The number of hydrogen-bond acceptors (Lipinski definition) is 4. The van der Waals surface area contributed by atoms with Crippen LogP contribution in [-0.2, 0) is 9.59 Å². The molecular formula is C12H21N4O3+. The van der Waals surface area contributed by atoms with Crippen LogP contribution in [-0.4, -0.2) is 50.2 Å². The molecule has 0 bridgehead atoms. The van der Waals surface area contributed by atoms with Crippen LogP contribution in [0.3, 0.4) is 0 Å². The first-order valence-electron chi connectivity index (χ1n) is 6.57. The van der Waals surface area contributed by atoms with Gasteiger partial charge in [-0.1, -0.05) is 0 Å². The molecule has 3 N–H and O–H groups in total. The number of rotatable bonds is 7. The number of nitrogens with zero attached hydrogens (tertiary/aromatic N) is 1. The van der Waals surface area contributed by atoms with E-state index >= 15 is 0 Å². The minimum Gasteiger partial charge on any atom is -0.335 e. The van der Waals surface area contributed by atoms with Crippen molar-refractivity contribution >= 4 is 24.1 Å². The van der Waals surface area contributed by atoms with Crippen LogP contribution in [0.25, 0.3) is 0 Å². The van der Waals surface area contributed by atoms with Crippen LogP contribution in [0.2, 0.25) is 0 Å². The maximum atomic E-state index is 11.4. The average Bonchev–Trinajstić information content (AvgIpc) is 2.36. The molecule has 1 aliphatic rings. The lowest BCUT2D eigenvalue weighted by Crippen LogP contribution is -3.11. The summed E-state index contributed by atoms with van der Waals surface area (Å²) in [4.78, 5) is 39.2. The minimum absolute atomic E-state index is 0.578. The molecule has 106 valence electrons. The highest BCUT2D eigenvalue weighted by Gasteiger charge is 2.32. The van der Waals surface area contributed by atoms with E-state index in [1.165, 1.54) is 11.1 Å². The number of imide groups is 2. The highest BCUT2D eigenvalue weighted by atomic mass is 16.2. The first-order valence-corrected chi connectivity index (χ1v) is 6.57. The van der Waals surface area contributed by atoms with Crippen LogP contribution >= 0.6 is 0 Å². The third kappa shape index (κ3) is 4.78. The van der Waals surface area contributed by atoms with Gasteiger partial charge >= 0.3 is 6.03 Å². The molecule has 0 saturated carbocycles. The van der Waals surface area contributed by atoms with Crippen LogP contribution in [0.4, 0.5) is 4.79 Å². The van der Waals surface area contributed by atoms with Gasteiger partial charge in [0.15, 0.2) is 5.92 Å². The number of carbonyl (C=O) groups excluding carboxylic acids is 3. The Bertz CT molecular complexity index is 357. The van der Waals surface area contributed by atoms with Crippen molar-refractivity contribution < 1.29 is 19.3 Å². The number of hydrogen-bond donors (Lipinski definition) is 3. The molecule has 4 amide bonds. The van der Waals surface area contributed by atoms with E-state index in [9.17, 15) is 14.4 Å². The molecule has 0 radical (unpaired) electrons. The van der Waals surface area contributed by atoms with Gasteiger partial charge in [-0.15, -0.1) is 0 Å². The Morgan fingerprint density at radius 3 is 2.26 bits per heavy atom. The summed E-state index contributed by atoms with van der Waals surface area (Å²) in [5.74, 6) is -2.24. The average molecular weight is 269 g/mol. The molecule has 7 nitrogen and oxygen atoms in total. The summed E-state index contributed by atoms with van der Waals surface area (Å²) < 4.78 is 0. The molecule has 19 heavy (non-hydrogen) atoms. The van der Waals surface area contributed by atoms with Crippen LogP contribution in [0.15, 0.2) is 4.99 Å². The quantitative estimate of drug-likeness (QED) is 0.294. The Morgan fingerprint density at radius 2 is 1.74 bits per heavy atom. The molecule has 0 aliphatic carbocycles. The van der Waals surface area contributed by atoms with Gasteiger partial charge in [0.2, 0.25) is 11.8 Å². The number of quaternary nitrogens is 1. The molecule has 1 aliphatic heterocycles. The minimum atomic E-state index is -1.00. The molecule has 1 heterocycles. The Morgan fingerprint density at radius 1 is 1.16 bits per heavy atom. The lowest BCUT2D eigenvalue weighted by Gasteiger charge is -2.17. The zero-order valence-corrected chi connectivity index (χ0v) is 11.4. The topological polar surface area (TPSA) is 92.1 Å². The second-order valence-electron chi connectivity index (χ2n) is 4.40. The van der Waals surface area contributed by atoms with Gasteiger partial charge in [0.1, 0.15) is 0 Å². The lowest BCUT2D eigenvalue weighted by atomic mass is 10.1. The molecule has 1 rings (SSSR count). The molecule has 0 aromatic carbocycles. The highest BCUT2D eigenvalue weighted by Crippen LogP contribution is 1.98. The Labute approximate surface area is 112 Å². The van der Waals surface area contributed by atoms with E-state index in [2.05, 4.69) is 18.8 Å². The SMILES string of the molecule is CC[NH+](CC)CCCN=CC1C(=O)NC(=O)NC1=O. The number of amides is 4. The number of carbonyl (C=O) groups is 3. The molecule has 0 atom stereocenters. The molecule has 0 spiro atoms. The second kappa shape index (κ2) is 7.63. The molecular weight excluding hydrogens is 248 g/mol. The summed E-state index contributed by atoms with van der Waals surface area (Å²) >= 11 is 0. The van der Waals surface area contributed by atoms with Crippen molar-refractivity contribution in [1.29, 1.82) is 0 Å². The fraction of sp³-hybridized carbons (Fsp3) is 0.667. The predicted molar refractivity (Wildman–Crippen MR) is 70.1 cm³/mol. The monoisotopic (exact) mass is 269 g/mol. The van der Waals surface area contributed by atoms with Crippen LogP contribution < -0.4 is 15.5 Å². The van der Waals surface area contributed by atoms with E-state index in [4.69, 9.17) is 0 Å². The molecule has 0 unspecified atom stereocenters. The van der Waals surface area contributed by atoms with Gasteiger partial charge in [0.05, 0.1) is 19.6 Å². The molecule has 0 aromatic heterocycles. The maximum Gasteiger partial charge on any atom is 0.328 e. The largest absolute Gasteiger partial charge is 0.335 e. The Balaban J connectivity index is 2.34. The van der Waals surface area contributed by atoms with Crippen LogP contribution in [0, 0.1) is 5.92 Å². The number of aliphatic imine (C=N–C) groups is 1. The highest BCUT2D eigenvalue weighted by molar-refractivity contribution is 6.23. The molecule has 7 heteroatoms. The van der Waals surface area contributed by atoms with Crippen molar-refractivity contribution in [1.82, 2.24) is 10.6 Å². The third-order valence-electron chi connectivity index (χ3n) is 3.11. The van der Waals surface area contributed by atoms with E-state index in [1.807, 2.05) is 10.6 Å². The van der Waals surface area contributed by atoms with Crippen molar-refractivity contribution in [2.45, 2.75) is 20.3 Å². The van der Waals surface area contributed by atoms with E-state index < -0.39 is 23.8 Å². The van der Waals surface area contributed by atoms with Gasteiger partial charge in [-0.25, -0.2) is 4.79 Å². The first kappa shape index (κ1) is 15.3. The number of barbiturate groups is 1. The fourth-order valence-electron chi connectivity index (χ4n) is 1.87. The fourth-order valence-corrected chi connectivity index (χ4v) is 1.87. The predicted octanol–water partition coefficient (Wildman–Crippen LogP) is -1.65. The summed E-state index contributed by atoms with van der Waals surface area (Å²) in [6, 6.07) is -0.773. The zero-order chi connectivity index (χ0) is 14.3. The van der Waals surface area contributed by atoms with Crippen LogP contribution in [0.5, 0.6) is 0 Å². The first-order chi connectivity index (χ1) is 9.08. The molecule has 1 saturated heterocycles. The number of urea groups is 1. The van der Waals surface area contributed by atoms with Crippen molar-refractivity contribution in [2.75, 3.05) is 26.2 Å². The van der Waals surface area contributed by atoms with Gasteiger partial charge in [0, 0.05) is 19.2 Å². The Hall–Kier alpha value is -1.76. The van der Waals surface area contributed by atoms with Crippen molar-refractivity contribution in [2.24, 2.45) is 10.9 Å². The summed E-state index contributed by atoms with van der Waals surface area (Å²) in [6.07, 6.45) is 2.22. The van der Waals surface area contributed by atoms with E-state index in [0.717, 1.165) is 26.1 Å². The number of nitrogens with one attached hydrogen (secondary N) is 3. The smallest absolute Gasteiger partial charge is 0.328 e. The van der Waals surface area contributed by atoms with Crippen molar-refractivity contribution in [3.63, 3.8) is 0 Å². The summed E-state index contributed by atoms with van der Waals surface area (Å²) in [5, 5.41) is 4.06. The van der Waals surface area contributed by atoms with Gasteiger partial charge in [-0.2, -0.15) is 0 Å². The Kier molecular flexibility index (Phi) is 6.14.